The van der Waals surface area contributed by atoms with Crippen LogP contribution in [0.5, 0.6) is 0 Å². The van der Waals surface area contributed by atoms with Crippen molar-refractivity contribution in [1.82, 2.24) is 0 Å². The minimum Gasteiger partial charge on any atom is -0.462 e. The Morgan fingerprint density at radius 1 is 0.273 bits per heavy atom. The van der Waals surface area contributed by atoms with Gasteiger partial charge in [-0.1, -0.05) is 284 Å². The van der Waals surface area contributed by atoms with E-state index in [1.807, 2.05) is 0 Å². The molecule has 440 valence electrons. The molecule has 0 aromatic rings. The average Bonchev–Trinajstić information content (AvgIpc) is 3.43. The largest absolute Gasteiger partial charge is 0.462 e. The number of unbranched alkanes of at least 4 members (excludes halogenated alkanes) is 29. The topological polar surface area (TPSA) is 78.9 Å². The SMILES string of the molecule is CC/C=C\C/C=C\C/C=C\C/C=C\C/C=C\C/C=C\C/C=C\CCCCCCCCCCCCCC(=O)OCC(COC(=O)CCCCCCC)OC(=O)CCCCCCCCCCC/C=C\C/C=C\CCCCCCC. The van der Waals surface area contributed by atoms with Crippen molar-refractivity contribution < 1.29 is 28.6 Å². The molecule has 0 aliphatic heterocycles. The van der Waals surface area contributed by atoms with Crippen molar-refractivity contribution in [3.63, 3.8) is 0 Å². The predicted molar refractivity (Wildman–Crippen MR) is 334 cm³/mol. The van der Waals surface area contributed by atoms with Gasteiger partial charge in [-0.25, -0.2) is 0 Å². The lowest BCUT2D eigenvalue weighted by Gasteiger charge is -2.18. The molecule has 0 aliphatic rings. The highest BCUT2D eigenvalue weighted by Crippen LogP contribution is 2.16. The van der Waals surface area contributed by atoms with E-state index in [0.29, 0.717) is 19.3 Å². The number of ether oxygens (including phenoxy) is 3. The fourth-order valence-corrected chi connectivity index (χ4v) is 8.92. The first-order valence-electron chi connectivity index (χ1n) is 32.4. The standard InChI is InChI=1S/C71H120O6/c1-4-7-10-13-15-17-19-21-23-25-27-29-30-31-32-33-34-35-36-37-38-39-40-42-43-45-47-49-51-53-55-58-61-64-70(73)76-67-68(66-75-69(72)63-60-57-12-9-6-3)77-71(74)65-62-59-56-54-52-50-48-46-44-41-28-26-24-22-20-18-16-14-11-8-5-2/h7,10,15,17,20-23,26-29,31-32,34-35,37-38,68H,4-6,8-9,11-14,16,18-19,24-25,30,33,36,39-67H2,1-3H3/b10-7-,17-15-,22-20-,23-21-,28-26-,29-27-,32-31-,35-34-,38-37-. The Balaban J connectivity index is 4.04. The third kappa shape index (κ3) is 62.8. The van der Waals surface area contributed by atoms with Gasteiger partial charge in [-0.2, -0.15) is 0 Å². The smallest absolute Gasteiger partial charge is 0.306 e. The number of carbonyl (C=O) groups excluding carboxylic acids is 3. The van der Waals surface area contributed by atoms with Gasteiger partial charge in [0, 0.05) is 19.3 Å². The fourth-order valence-electron chi connectivity index (χ4n) is 8.92. The van der Waals surface area contributed by atoms with Gasteiger partial charge in [-0.05, 0) is 109 Å². The molecule has 0 N–H and O–H groups in total. The zero-order valence-corrected chi connectivity index (χ0v) is 50.4. The van der Waals surface area contributed by atoms with E-state index >= 15 is 0 Å². The molecule has 6 heteroatoms. The predicted octanol–water partition coefficient (Wildman–Crippen LogP) is 22.2. The molecule has 0 bridgehead atoms. The molecule has 1 unspecified atom stereocenters. The van der Waals surface area contributed by atoms with Crippen LogP contribution in [0.4, 0.5) is 0 Å². The monoisotopic (exact) mass is 1070 g/mol. The van der Waals surface area contributed by atoms with E-state index in [0.717, 1.165) is 116 Å². The number of esters is 3. The maximum absolute atomic E-state index is 12.8. The van der Waals surface area contributed by atoms with Gasteiger partial charge in [0.25, 0.3) is 0 Å². The highest BCUT2D eigenvalue weighted by atomic mass is 16.6. The van der Waals surface area contributed by atoms with Crippen LogP contribution in [0.25, 0.3) is 0 Å². The summed E-state index contributed by atoms with van der Waals surface area (Å²) in [5.74, 6) is -0.895. The number of rotatable bonds is 58. The first-order valence-corrected chi connectivity index (χ1v) is 32.4. The molecule has 77 heavy (non-hydrogen) atoms. The highest BCUT2D eigenvalue weighted by Gasteiger charge is 2.19. The zero-order valence-electron chi connectivity index (χ0n) is 50.4. The van der Waals surface area contributed by atoms with Crippen molar-refractivity contribution in [3.8, 4) is 0 Å². The Bertz CT molecular complexity index is 1560. The van der Waals surface area contributed by atoms with Crippen LogP contribution >= 0.6 is 0 Å². The molecule has 0 spiro atoms. The van der Waals surface area contributed by atoms with Crippen LogP contribution in [0.1, 0.15) is 303 Å². The van der Waals surface area contributed by atoms with E-state index < -0.39 is 6.10 Å². The van der Waals surface area contributed by atoms with Crippen molar-refractivity contribution in [2.45, 2.75) is 309 Å². The van der Waals surface area contributed by atoms with Gasteiger partial charge >= 0.3 is 17.9 Å². The summed E-state index contributed by atoms with van der Waals surface area (Å²) in [5.41, 5.74) is 0. The van der Waals surface area contributed by atoms with Crippen LogP contribution in [0.3, 0.4) is 0 Å². The Kier molecular flexibility index (Phi) is 61.3. The van der Waals surface area contributed by atoms with Crippen LogP contribution in [-0.4, -0.2) is 37.2 Å². The van der Waals surface area contributed by atoms with Crippen molar-refractivity contribution in [2.24, 2.45) is 0 Å². The van der Waals surface area contributed by atoms with Gasteiger partial charge < -0.3 is 14.2 Å². The second-order valence-electron chi connectivity index (χ2n) is 21.3. The van der Waals surface area contributed by atoms with Crippen molar-refractivity contribution >= 4 is 17.9 Å². The third-order valence-corrected chi connectivity index (χ3v) is 13.8. The fraction of sp³-hybridized carbons (Fsp3) is 0.704. The van der Waals surface area contributed by atoms with Crippen molar-refractivity contribution in [3.05, 3.63) is 109 Å². The van der Waals surface area contributed by atoms with Gasteiger partial charge in [-0.3, -0.25) is 14.4 Å². The Morgan fingerprint density at radius 2 is 0.506 bits per heavy atom. The molecule has 1 atom stereocenters. The molecule has 6 nitrogen and oxygen atoms in total. The maximum atomic E-state index is 12.8. The second-order valence-corrected chi connectivity index (χ2v) is 21.3. The lowest BCUT2D eigenvalue weighted by atomic mass is 10.0. The minimum atomic E-state index is -0.779. The summed E-state index contributed by atoms with van der Waals surface area (Å²) in [6, 6.07) is 0. The molecular weight excluding hydrogens is 949 g/mol. The Morgan fingerprint density at radius 3 is 0.792 bits per heavy atom. The molecule has 0 saturated heterocycles. The summed E-state index contributed by atoms with van der Waals surface area (Å²) in [4.78, 5) is 37.9. The van der Waals surface area contributed by atoms with Crippen LogP contribution in [0.2, 0.25) is 0 Å². The third-order valence-electron chi connectivity index (χ3n) is 13.8. The summed E-state index contributed by atoms with van der Waals surface area (Å²) in [6.45, 7) is 6.44. The van der Waals surface area contributed by atoms with Gasteiger partial charge in [0.1, 0.15) is 13.2 Å². The molecule has 0 aromatic heterocycles. The normalized spacial score (nSPS) is 12.8. The quantitative estimate of drug-likeness (QED) is 0.0261. The van der Waals surface area contributed by atoms with Crippen LogP contribution < -0.4 is 0 Å². The molecule has 0 amide bonds. The lowest BCUT2D eigenvalue weighted by molar-refractivity contribution is -0.167. The molecule has 0 heterocycles. The lowest BCUT2D eigenvalue weighted by Crippen LogP contribution is -2.30. The molecule has 0 aliphatic carbocycles. The number of hydrogen-bond acceptors (Lipinski definition) is 6. The number of hydrogen-bond donors (Lipinski definition) is 0. The maximum Gasteiger partial charge on any atom is 0.306 e. The molecule has 0 fully saturated rings. The van der Waals surface area contributed by atoms with E-state index in [-0.39, 0.29) is 31.1 Å². The molecule has 0 aromatic carbocycles. The highest BCUT2D eigenvalue weighted by molar-refractivity contribution is 5.71. The number of carbonyl (C=O) groups is 3. The van der Waals surface area contributed by atoms with E-state index in [4.69, 9.17) is 14.2 Å². The average molecular weight is 1070 g/mol. The first-order chi connectivity index (χ1) is 38.0. The summed E-state index contributed by atoms with van der Waals surface area (Å²) < 4.78 is 16.8. The van der Waals surface area contributed by atoms with E-state index in [2.05, 4.69) is 130 Å². The van der Waals surface area contributed by atoms with Crippen LogP contribution in [0.15, 0.2) is 109 Å². The van der Waals surface area contributed by atoms with Crippen LogP contribution in [-0.2, 0) is 28.6 Å². The van der Waals surface area contributed by atoms with E-state index in [1.165, 1.54) is 148 Å². The van der Waals surface area contributed by atoms with Crippen LogP contribution in [0, 0.1) is 0 Å². The van der Waals surface area contributed by atoms with Gasteiger partial charge in [0.05, 0.1) is 0 Å². The van der Waals surface area contributed by atoms with Gasteiger partial charge in [0.15, 0.2) is 6.10 Å². The van der Waals surface area contributed by atoms with Crippen molar-refractivity contribution in [1.29, 1.82) is 0 Å². The van der Waals surface area contributed by atoms with E-state index in [1.54, 1.807) is 0 Å². The summed E-state index contributed by atoms with van der Waals surface area (Å²) in [6.07, 6.45) is 88.6. The molecule has 0 rings (SSSR count). The summed E-state index contributed by atoms with van der Waals surface area (Å²) in [5, 5.41) is 0. The zero-order chi connectivity index (χ0) is 55.7. The van der Waals surface area contributed by atoms with Gasteiger partial charge in [0.2, 0.25) is 0 Å². The summed E-state index contributed by atoms with van der Waals surface area (Å²) in [7, 11) is 0. The molecular formula is C71H120O6. The Labute approximate surface area is 476 Å². The summed E-state index contributed by atoms with van der Waals surface area (Å²) >= 11 is 0. The molecule has 0 radical (unpaired) electrons. The minimum absolute atomic E-state index is 0.0799. The number of allylic oxidation sites excluding steroid dienone is 18. The van der Waals surface area contributed by atoms with Gasteiger partial charge in [-0.15, -0.1) is 0 Å². The first kappa shape index (κ1) is 73.1. The second kappa shape index (κ2) is 64.6. The van der Waals surface area contributed by atoms with Crippen molar-refractivity contribution in [2.75, 3.05) is 13.2 Å². The molecule has 0 saturated carbocycles. The Hall–Kier alpha value is -3.93. The van der Waals surface area contributed by atoms with E-state index in [9.17, 15) is 14.4 Å².